The number of anilines is 1. The van der Waals surface area contributed by atoms with Crippen LogP contribution in [0.4, 0.5) is 23.7 Å². The minimum Gasteiger partial charge on any atom is -0.449 e. The molecule has 0 bridgehead atoms. The molecule has 0 aliphatic carbocycles. The summed E-state index contributed by atoms with van der Waals surface area (Å²) in [6.45, 7) is 3.13. The van der Waals surface area contributed by atoms with Crippen LogP contribution in [0.5, 0.6) is 0 Å². The molecule has 190 valence electrons. The van der Waals surface area contributed by atoms with E-state index in [1.54, 1.807) is 13.0 Å². The van der Waals surface area contributed by atoms with Crippen molar-refractivity contribution in [2.75, 3.05) is 11.9 Å². The highest BCUT2D eigenvalue weighted by atomic mass is 35.5. The van der Waals surface area contributed by atoms with Gasteiger partial charge in [-0.2, -0.15) is 18.3 Å². The molecule has 0 atom stereocenters. The van der Waals surface area contributed by atoms with Gasteiger partial charge >= 0.3 is 12.3 Å². The average molecular weight is 544 g/mol. The number of alkyl halides is 3. The van der Waals surface area contributed by atoms with Crippen LogP contribution in [0.25, 0.3) is 5.69 Å². The van der Waals surface area contributed by atoms with Crippen molar-refractivity contribution < 1.29 is 32.3 Å². The van der Waals surface area contributed by atoms with E-state index in [0.29, 0.717) is 11.6 Å². The van der Waals surface area contributed by atoms with E-state index in [-0.39, 0.29) is 33.6 Å². The van der Waals surface area contributed by atoms with Crippen LogP contribution in [-0.2, 0) is 10.9 Å². The molecule has 1 aromatic heterocycles. The third-order valence-corrected chi connectivity index (χ3v) is 5.19. The van der Waals surface area contributed by atoms with Crippen molar-refractivity contribution in [3.63, 3.8) is 0 Å². The Labute approximate surface area is 212 Å². The zero-order valence-electron chi connectivity index (χ0n) is 18.7. The molecule has 3 amide bonds. The van der Waals surface area contributed by atoms with E-state index in [4.69, 9.17) is 23.2 Å². The molecule has 0 aliphatic heterocycles. The molecule has 0 spiro atoms. The van der Waals surface area contributed by atoms with Gasteiger partial charge in [-0.15, -0.1) is 0 Å². The minimum absolute atomic E-state index is 0.0317. The first-order valence-corrected chi connectivity index (χ1v) is 10.9. The summed E-state index contributed by atoms with van der Waals surface area (Å²) in [4.78, 5) is 37.4. The van der Waals surface area contributed by atoms with E-state index >= 15 is 0 Å². The lowest BCUT2D eigenvalue weighted by Gasteiger charge is -2.16. The van der Waals surface area contributed by atoms with Crippen LogP contribution < -0.4 is 16.2 Å². The van der Waals surface area contributed by atoms with Crippen LogP contribution in [0.15, 0.2) is 42.5 Å². The maximum atomic E-state index is 13.4. The Bertz CT molecular complexity index is 1330. The molecule has 0 fully saturated rings. The number of nitrogens with zero attached hydrogens (tertiary/aromatic N) is 2. The van der Waals surface area contributed by atoms with Crippen molar-refractivity contribution in [3.8, 4) is 5.69 Å². The van der Waals surface area contributed by atoms with Crippen molar-refractivity contribution in [1.29, 1.82) is 0 Å². The summed E-state index contributed by atoms with van der Waals surface area (Å²) in [6.07, 6.45) is -5.78. The Kier molecular flexibility index (Phi) is 8.10. The third-order valence-electron chi connectivity index (χ3n) is 4.65. The zero-order chi connectivity index (χ0) is 26.6. The lowest BCUT2D eigenvalue weighted by molar-refractivity contribution is -0.141. The summed E-state index contributed by atoms with van der Waals surface area (Å²) in [6, 6.07) is 9.09. The summed E-state index contributed by atoms with van der Waals surface area (Å²) >= 11 is 12.2. The van der Waals surface area contributed by atoms with Crippen molar-refractivity contribution in [1.82, 2.24) is 20.6 Å². The molecule has 2 aromatic carbocycles. The van der Waals surface area contributed by atoms with Gasteiger partial charge in [-0.25, -0.2) is 14.9 Å². The number of benzene rings is 2. The van der Waals surface area contributed by atoms with Crippen LogP contribution in [0, 0.1) is 6.92 Å². The number of hydrazine groups is 1. The Balaban J connectivity index is 2.01. The number of nitrogens with one attached hydrogen (secondary N) is 3. The second kappa shape index (κ2) is 10.9. The zero-order valence-corrected chi connectivity index (χ0v) is 20.2. The van der Waals surface area contributed by atoms with E-state index in [0.717, 1.165) is 4.68 Å². The quantitative estimate of drug-likeness (QED) is 0.385. The van der Waals surface area contributed by atoms with Crippen LogP contribution in [0.1, 0.15) is 39.0 Å². The number of hydrogen-bond donors (Lipinski definition) is 3. The fraction of sp³-hybridized carbons (Fsp3) is 0.182. The van der Waals surface area contributed by atoms with Crippen molar-refractivity contribution >= 4 is 46.8 Å². The summed E-state index contributed by atoms with van der Waals surface area (Å²) in [5.41, 5.74) is 2.41. The van der Waals surface area contributed by atoms with E-state index in [1.165, 1.54) is 37.3 Å². The second-order valence-electron chi connectivity index (χ2n) is 7.17. The number of para-hydroxylation sites is 1. The van der Waals surface area contributed by atoms with Gasteiger partial charge in [0.15, 0.2) is 5.69 Å². The number of carbonyl (C=O) groups is 3. The van der Waals surface area contributed by atoms with E-state index in [9.17, 15) is 27.6 Å². The van der Waals surface area contributed by atoms with Crippen LogP contribution >= 0.6 is 23.2 Å². The lowest BCUT2D eigenvalue weighted by Crippen LogP contribution is -2.42. The van der Waals surface area contributed by atoms with Gasteiger partial charge in [0, 0.05) is 11.1 Å². The fourth-order valence-corrected chi connectivity index (χ4v) is 3.59. The van der Waals surface area contributed by atoms with Crippen LogP contribution in [0.2, 0.25) is 10.0 Å². The Morgan fingerprint density at radius 1 is 1.06 bits per heavy atom. The van der Waals surface area contributed by atoms with Gasteiger partial charge < -0.3 is 10.1 Å². The van der Waals surface area contributed by atoms with Crippen molar-refractivity contribution in [2.45, 2.75) is 20.0 Å². The molecule has 0 saturated carbocycles. The monoisotopic (exact) mass is 543 g/mol. The molecule has 14 heteroatoms. The largest absolute Gasteiger partial charge is 0.449 e. The average Bonchev–Trinajstić information content (AvgIpc) is 3.25. The van der Waals surface area contributed by atoms with Gasteiger partial charge in [0.2, 0.25) is 0 Å². The number of hydrogen-bond acceptors (Lipinski definition) is 5. The highest BCUT2D eigenvalue weighted by Gasteiger charge is 2.36. The summed E-state index contributed by atoms with van der Waals surface area (Å²) in [5, 5.41) is 6.14. The van der Waals surface area contributed by atoms with Crippen LogP contribution in [-0.4, -0.2) is 34.3 Å². The van der Waals surface area contributed by atoms with E-state index in [1.807, 2.05) is 5.43 Å². The SMILES string of the molecule is CCOC(=O)NNC(=O)c1cc(Cl)cc(C)c1NC(=O)c1cc(C(F)(F)F)nn1-c1ccccc1Cl. The molecule has 1 heterocycles. The molecule has 36 heavy (non-hydrogen) atoms. The molecule has 9 nitrogen and oxygen atoms in total. The summed E-state index contributed by atoms with van der Waals surface area (Å²) < 4.78 is 45.7. The first-order valence-electron chi connectivity index (χ1n) is 10.2. The van der Waals surface area contributed by atoms with Gasteiger partial charge in [-0.1, -0.05) is 35.3 Å². The van der Waals surface area contributed by atoms with Crippen molar-refractivity contribution in [3.05, 3.63) is 75.0 Å². The predicted molar refractivity (Wildman–Crippen MR) is 125 cm³/mol. The highest BCUT2D eigenvalue weighted by Crippen LogP contribution is 2.32. The first-order chi connectivity index (χ1) is 16.9. The molecule has 0 radical (unpaired) electrons. The Morgan fingerprint density at radius 2 is 1.75 bits per heavy atom. The van der Waals surface area contributed by atoms with Gasteiger partial charge in [0.25, 0.3) is 11.8 Å². The van der Waals surface area contributed by atoms with Gasteiger partial charge in [0.1, 0.15) is 5.69 Å². The topological polar surface area (TPSA) is 114 Å². The number of aromatic nitrogens is 2. The number of aryl methyl sites for hydroxylation is 1. The van der Waals surface area contributed by atoms with Gasteiger partial charge in [-0.3, -0.25) is 15.0 Å². The second-order valence-corrected chi connectivity index (χ2v) is 8.02. The molecule has 3 N–H and O–H groups in total. The predicted octanol–water partition coefficient (Wildman–Crippen LogP) is 5.15. The molecular formula is C22H18Cl2F3N5O4. The standard InChI is InChI=1S/C22H18Cl2F3N5O4/c1-3-36-21(35)30-29-19(33)13-9-12(23)8-11(2)18(13)28-20(34)16-10-17(22(25,26)27)31-32(16)15-7-5-4-6-14(15)24/h4-10H,3H2,1-2H3,(H,28,34)(H,29,33)(H,30,35). The smallest absolute Gasteiger partial charge is 0.435 e. The van der Waals surface area contributed by atoms with E-state index in [2.05, 4.69) is 20.6 Å². The fourth-order valence-electron chi connectivity index (χ4n) is 3.10. The first kappa shape index (κ1) is 26.8. The molecular weight excluding hydrogens is 526 g/mol. The van der Waals surface area contributed by atoms with Crippen LogP contribution in [0.3, 0.4) is 0 Å². The normalized spacial score (nSPS) is 11.1. The Morgan fingerprint density at radius 3 is 2.39 bits per heavy atom. The number of halogens is 5. The van der Waals surface area contributed by atoms with E-state index < -0.39 is 35.5 Å². The lowest BCUT2D eigenvalue weighted by atomic mass is 10.1. The Hall–Kier alpha value is -3.77. The summed E-state index contributed by atoms with van der Waals surface area (Å²) in [7, 11) is 0. The molecule has 0 unspecified atom stereocenters. The molecule has 3 aromatic rings. The number of ether oxygens (including phenoxy) is 1. The van der Waals surface area contributed by atoms with Gasteiger partial charge in [-0.05, 0) is 43.7 Å². The maximum absolute atomic E-state index is 13.4. The number of amides is 3. The maximum Gasteiger partial charge on any atom is 0.435 e. The highest BCUT2D eigenvalue weighted by molar-refractivity contribution is 6.32. The third kappa shape index (κ3) is 6.07. The molecule has 0 aliphatic rings. The molecule has 0 saturated heterocycles. The minimum atomic E-state index is -4.85. The summed E-state index contributed by atoms with van der Waals surface area (Å²) in [5.74, 6) is -1.89. The molecule has 3 rings (SSSR count). The number of carbonyl (C=O) groups excluding carboxylic acids is 3. The van der Waals surface area contributed by atoms with Gasteiger partial charge in [0.05, 0.1) is 28.6 Å². The van der Waals surface area contributed by atoms with Crippen molar-refractivity contribution in [2.24, 2.45) is 0 Å². The number of rotatable bonds is 5.